The number of thiol groups is 1. The number of hydrogen-bond donors (Lipinski definition) is 3. The number of sulfone groups is 1. The molecule has 0 heterocycles. The molecule has 0 spiro atoms. The number of fused-ring (bicyclic) bond motifs is 1. The molecule has 5 nitrogen and oxygen atoms in total. The van der Waals surface area contributed by atoms with Crippen molar-refractivity contribution in [1.82, 2.24) is 5.32 Å². The van der Waals surface area contributed by atoms with Crippen molar-refractivity contribution < 1.29 is 18.3 Å². The SMILES string of the molecule is CS(=O)(=O)c1ccc(C=C2CC(N[C@@H](CS)C(=O)O)c3ccccc32)cc1. The van der Waals surface area contributed by atoms with Gasteiger partial charge in [-0.15, -0.1) is 0 Å². The van der Waals surface area contributed by atoms with Gasteiger partial charge in [-0.3, -0.25) is 10.1 Å². The van der Waals surface area contributed by atoms with E-state index in [4.69, 9.17) is 0 Å². The highest BCUT2D eigenvalue weighted by atomic mass is 32.2. The molecule has 0 aliphatic heterocycles. The molecule has 27 heavy (non-hydrogen) atoms. The monoisotopic (exact) mass is 403 g/mol. The van der Waals surface area contributed by atoms with E-state index in [-0.39, 0.29) is 16.7 Å². The Morgan fingerprint density at radius 3 is 2.52 bits per heavy atom. The van der Waals surface area contributed by atoms with Crippen LogP contribution < -0.4 is 5.32 Å². The molecule has 1 unspecified atom stereocenters. The molecule has 0 bridgehead atoms. The standard InChI is InChI=1S/C20H21NO4S2/c1-27(24,25)15-8-6-13(7-9-15)10-14-11-18(21-19(12-26)20(22)23)17-5-3-2-4-16(14)17/h2-10,18-19,21,26H,11-12H2,1H3,(H,22,23)/t18?,19-/m0/s1. The minimum atomic E-state index is -3.22. The van der Waals surface area contributed by atoms with Crippen LogP contribution in [-0.2, 0) is 14.6 Å². The van der Waals surface area contributed by atoms with Crippen LogP contribution in [0.5, 0.6) is 0 Å². The van der Waals surface area contributed by atoms with Crippen molar-refractivity contribution in [3.05, 3.63) is 65.2 Å². The Labute approximate surface area is 164 Å². The molecular weight excluding hydrogens is 382 g/mol. The Bertz CT molecular complexity index is 981. The van der Waals surface area contributed by atoms with Gasteiger partial charge >= 0.3 is 5.97 Å². The maximum Gasteiger partial charge on any atom is 0.321 e. The summed E-state index contributed by atoms with van der Waals surface area (Å²) in [6.07, 6.45) is 3.86. The second kappa shape index (κ2) is 7.88. The van der Waals surface area contributed by atoms with Gasteiger partial charge in [0.2, 0.25) is 0 Å². The van der Waals surface area contributed by atoms with Gasteiger partial charge in [0, 0.05) is 18.1 Å². The molecule has 0 aromatic heterocycles. The summed E-state index contributed by atoms with van der Waals surface area (Å²) in [5.74, 6) is -0.712. The molecule has 142 valence electrons. The highest BCUT2D eigenvalue weighted by Crippen LogP contribution is 2.40. The number of carbonyl (C=O) groups is 1. The molecule has 1 aliphatic rings. The average molecular weight is 404 g/mol. The maximum absolute atomic E-state index is 11.6. The lowest BCUT2D eigenvalue weighted by atomic mass is 10.0. The second-order valence-electron chi connectivity index (χ2n) is 6.59. The van der Waals surface area contributed by atoms with E-state index in [0.717, 1.165) is 22.3 Å². The number of carboxylic acid groups (broad SMARTS) is 1. The zero-order valence-electron chi connectivity index (χ0n) is 14.8. The van der Waals surface area contributed by atoms with Crippen molar-refractivity contribution in [3.63, 3.8) is 0 Å². The number of carboxylic acids is 1. The highest BCUT2D eigenvalue weighted by Gasteiger charge is 2.29. The third-order valence-electron chi connectivity index (χ3n) is 4.64. The van der Waals surface area contributed by atoms with Gasteiger partial charge in [-0.25, -0.2) is 8.42 Å². The summed E-state index contributed by atoms with van der Waals surface area (Å²) in [5.41, 5.74) is 4.12. The smallest absolute Gasteiger partial charge is 0.321 e. The van der Waals surface area contributed by atoms with Gasteiger partial charge in [-0.2, -0.15) is 12.6 Å². The summed E-state index contributed by atoms with van der Waals surface area (Å²) in [5, 5.41) is 12.5. The number of aliphatic carboxylic acids is 1. The van der Waals surface area contributed by atoms with Crippen molar-refractivity contribution in [2.75, 3.05) is 12.0 Å². The molecule has 7 heteroatoms. The summed E-state index contributed by atoms with van der Waals surface area (Å²) in [6.45, 7) is 0. The molecule has 0 amide bonds. The molecule has 1 aliphatic carbocycles. The van der Waals surface area contributed by atoms with E-state index in [1.54, 1.807) is 24.3 Å². The van der Waals surface area contributed by atoms with Crippen LogP contribution in [0.2, 0.25) is 0 Å². The molecule has 2 atom stereocenters. The Morgan fingerprint density at radius 1 is 1.26 bits per heavy atom. The van der Waals surface area contributed by atoms with Crippen LogP contribution >= 0.6 is 12.6 Å². The predicted molar refractivity (Wildman–Crippen MR) is 110 cm³/mol. The first-order valence-electron chi connectivity index (χ1n) is 8.49. The van der Waals surface area contributed by atoms with Gasteiger partial charge in [0.25, 0.3) is 0 Å². The van der Waals surface area contributed by atoms with Crippen LogP contribution in [0, 0.1) is 0 Å². The molecule has 0 saturated carbocycles. The first-order valence-corrected chi connectivity index (χ1v) is 11.0. The first-order chi connectivity index (χ1) is 12.8. The molecule has 0 saturated heterocycles. The van der Waals surface area contributed by atoms with E-state index in [1.165, 1.54) is 6.26 Å². The summed E-state index contributed by atoms with van der Waals surface area (Å²) in [6, 6.07) is 13.8. The van der Waals surface area contributed by atoms with Crippen molar-refractivity contribution in [1.29, 1.82) is 0 Å². The largest absolute Gasteiger partial charge is 0.480 e. The van der Waals surface area contributed by atoms with E-state index < -0.39 is 21.8 Å². The molecular formula is C20H21NO4S2. The number of rotatable bonds is 6. The van der Waals surface area contributed by atoms with E-state index in [1.807, 2.05) is 30.3 Å². The fourth-order valence-electron chi connectivity index (χ4n) is 3.28. The summed E-state index contributed by atoms with van der Waals surface area (Å²) < 4.78 is 23.2. The Balaban J connectivity index is 1.91. The average Bonchev–Trinajstić information content (AvgIpc) is 2.97. The number of nitrogens with one attached hydrogen (secondary N) is 1. The Morgan fingerprint density at radius 2 is 1.93 bits per heavy atom. The van der Waals surface area contributed by atoms with Gasteiger partial charge in [-0.05, 0) is 40.8 Å². The third-order valence-corrected chi connectivity index (χ3v) is 6.13. The summed E-state index contributed by atoms with van der Waals surface area (Å²) in [4.78, 5) is 11.6. The van der Waals surface area contributed by atoms with Crippen molar-refractivity contribution in [2.24, 2.45) is 0 Å². The molecule has 2 aromatic carbocycles. The fourth-order valence-corrected chi connectivity index (χ4v) is 4.17. The lowest BCUT2D eigenvalue weighted by Crippen LogP contribution is -2.39. The van der Waals surface area contributed by atoms with Gasteiger partial charge in [0.1, 0.15) is 6.04 Å². The topological polar surface area (TPSA) is 83.5 Å². The van der Waals surface area contributed by atoms with Crippen LogP contribution in [0.3, 0.4) is 0 Å². The van der Waals surface area contributed by atoms with Gasteiger partial charge in [0.15, 0.2) is 9.84 Å². The molecule has 3 rings (SSSR count). The van der Waals surface area contributed by atoms with Crippen LogP contribution in [0.4, 0.5) is 0 Å². The molecule has 0 fully saturated rings. The maximum atomic E-state index is 11.6. The van der Waals surface area contributed by atoms with E-state index >= 15 is 0 Å². The second-order valence-corrected chi connectivity index (χ2v) is 8.98. The van der Waals surface area contributed by atoms with E-state index in [9.17, 15) is 18.3 Å². The lowest BCUT2D eigenvalue weighted by molar-refractivity contribution is -0.139. The minimum Gasteiger partial charge on any atom is -0.480 e. The highest BCUT2D eigenvalue weighted by molar-refractivity contribution is 7.90. The Hall–Kier alpha value is -2.09. The van der Waals surface area contributed by atoms with E-state index in [2.05, 4.69) is 17.9 Å². The quantitative estimate of drug-likeness (QED) is 0.646. The van der Waals surface area contributed by atoms with Crippen LogP contribution in [0.1, 0.15) is 29.2 Å². The van der Waals surface area contributed by atoms with Gasteiger partial charge in [-0.1, -0.05) is 42.5 Å². The van der Waals surface area contributed by atoms with Crippen LogP contribution in [0.25, 0.3) is 11.6 Å². The predicted octanol–water partition coefficient (Wildman–Crippen LogP) is 3.05. The zero-order valence-corrected chi connectivity index (χ0v) is 16.5. The fraction of sp³-hybridized carbons (Fsp3) is 0.250. The van der Waals surface area contributed by atoms with Gasteiger partial charge < -0.3 is 5.11 Å². The normalized spacial score (nSPS) is 19.0. The molecule has 0 radical (unpaired) electrons. The number of hydrogen-bond acceptors (Lipinski definition) is 5. The first kappa shape index (κ1) is 19.7. The van der Waals surface area contributed by atoms with Crippen LogP contribution in [0.15, 0.2) is 53.4 Å². The summed E-state index contributed by atoms with van der Waals surface area (Å²) in [7, 11) is -3.22. The van der Waals surface area contributed by atoms with Crippen molar-refractivity contribution >= 4 is 40.1 Å². The number of benzene rings is 2. The molecule has 2 aromatic rings. The van der Waals surface area contributed by atoms with Crippen molar-refractivity contribution in [2.45, 2.75) is 23.4 Å². The molecule has 2 N–H and O–H groups in total. The zero-order chi connectivity index (χ0) is 19.6. The van der Waals surface area contributed by atoms with Crippen molar-refractivity contribution in [3.8, 4) is 0 Å². The Kier molecular flexibility index (Phi) is 5.74. The van der Waals surface area contributed by atoms with E-state index in [0.29, 0.717) is 6.42 Å². The lowest BCUT2D eigenvalue weighted by Gasteiger charge is -2.18. The third kappa shape index (κ3) is 4.43. The van der Waals surface area contributed by atoms with Gasteiger partial charge in [0.05, 0.1) is 4.90 Å². The summed E-state index contributed by atoms with van der Waals surface area (Å²) >= 11 is 4.13. The van der Waals surface area contributed by atoms with Crippen LogP contribution in [-0.4, -0.2) is 37.5 Å². The minimum absolute atomic E-state index is 0.101.